The van der Waals surface area contributed by atoms with E-state index in [-0.39, 0.29) is 41.5 Å². The van der Waals surface area contributed by atoms with E-state index >= 15 is 0 Å². The van der Waals surface area contributed by atoms with Gasteiger partial charge >= 0.3 is 43.1 Å². The summed E-state index contributed by atoms with van der Waals surface area (Å²) in [6.45, 7) is 2.76. The maximum atomic E-state index is 13.9. The molecule has 5 aliphatic heterocycles. The summed E-state index contributed by atoms with van der Waals surface area (Å²) in [5.74, 6) is -4.27. The molecule has 11 unspecified atom stereocenters. The number of rotatable bonds is 46. The van der Waals surface area contributed by atoms with Gasteiger partial charge in [0.05, 0.1) is 19.3 Å². The zero-order chi connectivity index (χ0) is 79.0. The summed E-state index contributed by atoms with van der Waals surface area (Å²) < 4.78 is 274. The molecule has 0 amide bonds. The fourth-order valence-electron chi connectivity index (χ4n) is 11.6. The number of aliphatic hydroxyl groups excluding tert-OH is 1. The highest BCUT2D eigenvalue weighted by molar-refractivity contribution is 7.93. The number of carboxylic acid groups (broad SMARTS) is 2. The summed E-state index contributed by atoms with van der Waals surface area (Å²) in [6.07, 6.45) is -43.9. The second-order valence-electron chi connectivity index (χ2n) is 21.5. The van der Waals surface area contributed by atoms with Crippen LogP contribution in [0.5, 0.6) is 0 Å². The molecule has 5 aliphatic rings. The molecule has 0 aromatic rings. The molecule has 0 aromatic heterocycles. The molecule has 594 valence electrons. The van der Waals surface area contributed by atoms with Crippen LogP contribution < -0.4 is 9.43 Å². The Morgan fingerprint density at radius 1 is 0.604 bits per heavy atom. The smallest absolute Gasteiger partial charge is 0.397 e. The number of nitrogens with one attached hydrogen (secondary N) is 2. The Morgan fingerprint density at radius 3 is 1.73 bits per heavy atom. The van der Waals surface area contributed by atoms with Crippen molar-refractivity contribution in [3.8, 4) is 0 Å². The molecule has 5 rings (SSSR count). The number of likely N-dealkylation sites (N-methyl/N-ethyl adjacent to an activating group) is 1. The molecule has 101 heavy (non-hydrogen) atoms. The van der Waals surface area contributed by atoms with Gasteiger partial charge in [-0.15, -0.1) is 21.7 Å². The molecule has 26 atom stereocenters. The molecular weight excluding hydrogens is 1570 g/mol. The second-order valence-corrected chi connectivity index (χ2v) is 27.5. The zero-order valence-electron chi connectivity index (χ0n) is 57.1. The van der Waals surface area contributed by atoms with Crippen LogP contribution in [-0.4, -0.2) is 318 Å². The van der Waals surface area contributed by atoms with Gasteiger partial charge in [-0.25, -0.2) is 62.2 Å². The molecule has 60 heteroatoms. The maximum absolute atomic E-state index is 13.9. The van der Waals surface area contributed by atoms with Gasteiger partial charge in [-0.2, -0.15) is 25.3 Å². The van der Waals surface area contributed by atoms with Crippen molar-refractivity contribution in [1.29, 1.82) is 2.86 Å². The van der Waals surface area contributed by atoms with Crippen molar-refractivity contribution in [2.45, 2.75) is 192 Å². The Balaban J connectivity index is 1.75. The van der Waals surface area contributed by atoms with Crippen LogP contribution in [0.1, 0.15) is 34.6 Å². The summed E-state index contributed by atoms with van der Waals surface area (Å²) in [5.41, 5.74) is -10.8. The molecule has 0 spiro atoms. The van der Waals surface area contributed by atoms with Crippen LogP contribution in [0.25, 0.3) is 0 Å². The monoisotopic (exact) mass is 1650 g/mol. The van der Waals surface area contributed by atoms with E-state index in [1.165, 1.54) is 28.2 Å². The number of aliphatic carboxylic acids is 2. The zero-order valence-corrected chi connectivity index (χ0v) is 59.6. The van der Waals surface area contributed by atoms with Crippen molar-refractivity contribution < 1.29 is 232 Å². The first-order valence-electron chi connectivity index (χ1n) is 29.0. The molecule has 5 heterocycles. The van der Waals surface area contributed by atoms with Gasteiger partial charge in [-0.3, -0.25) is 22.0 Å². The largest absolute Gasteiger partial charge is 0.479 e. The Hall–Kier alpha value is -1.14. The Morgan fingerprint density at radius 2 is 1.21 bits per heavy atom. The van der Waals surface area contributed by atoms with Crippen LogP contribution in [0.3, 0.4) is 0 Å². The van der Waals surface area contributed by atoms with E-state index in [4.69, 9.17) is 113 Å². The Labute approximate surface area is 598 Å². The number of ether oxygens (including phenoxy) is 14. The molecule has 14 N–H and O–H groups in total. The number of carbonyl (C=O) groups is 2. The van der Waals surface area contributed by atoms with Crippen molar-refractivity contribution in [1.82, 2.24) is 13.7 Å². The van der Waals surface area contributed by atoms with Crippen LogP contribution in [-0.2, 0) is 175 Å². The van der Waals surface area contributed by atoms with Crippen molar-refractivity contribution in [3.63, 3.8) is 0 Å². The lowest BCUT2D eigenvalue weighted by molar-refractivity contribution is -0.437. The number of hydrogen-bond acceptors (Lipinski definition) is 52. The van der Waals surface area contributed by atoms with E-state index in [0.29, 0.717) is 11.6 Å². The van der Waals surface area contributed by atoms with Gasteiger partial charge in [0.1, 0.15) is 141 Å². The number of aliphatic hydroxyl groups is 2. The predicted molar refractivity (Wildman–Crippen MR) is 313 cm³/mol. The first kappa shape index (κ1) is 83.9. The van der Waals surface area contributed by atoms with Crippen molar-refractivity contribution in [3.05, 3.63) is 0 Å². The van der Waals surface area contributed by atoms with Crippen LogP contribution in [0.15, 0.2) is 0 Å². The fraction of sp³-hybridized carbons (Fsp3) is 0.951. The molecule has 0 radical (unpaired) electrons. The second kappa shape index (κ2) is 40.0. The summed E-state index contributed by atoms with van der Waals surface area (Å²) in [5, 5.41) is 96.4. The average molecular weight is 1650 g/mol. The topological polar surface area (TPSA) is 674 Å². The maximum Gasteiger partial charge on any atom is 0.397 e. The normalized spacial score (nSPS) is 39.2. The van der Waals surface area contributed by atoms with E-state index in [9.17, 15) is 70.6 Å². The first-order valence-corrected chi connectivity index (χ1v) is 34.8. The van der Waals surface area contributed by atoms with E-state index in [1.807, 2.05) is 0 Å². The lowest BCUT2D eigenvalue weighted by Gasteiger charge is -2.58. The number of nitrogens with zero attached hydrogens (tertiary/aromatic N) is 1. The quantitative estimate of drug-likeness (QED) is 0.00724. The Bertz CT molecular complexity index is 3040. The minimum absolute atomic E-state index is 0.00399. The minimum Gasteiger partial charge on any atom is -0.479 e. The van der Waals surface area contributed by atoms with Crippen LogP contribution in [0.2, 0.25) is 2.82 Å². The number of hydrogen-bond donors (Lipinski definition) is 14. The molecule has 0 aliphatic carbocycles. The third-order valence-electron chi connectivity index (χ3n) is 15.6. The first-order chi connectivity index (χ1) is 49.2. The molecule has 52 nitrogen and oxygen atoms in total. The van der Waals surface area contributed by atoms with E-state index < -0.39 is 238 Å². The Kier molecular flexibility index (Phi) is 33.2. The standard InChI is InChI=1S/C41H73N3O49S8/c1-14(82-100(59,60)61)25-41(5,80-37-30(67-9)38(2,50)28(22(75-37)31(46)47)77-36-23(44(6)96-91-86-53)39(3,69-11)26(66-8)16(73-36)12-70-97-92-87-54)27(81-98-93-88-55)18(43-95-90-85-52)34(76-25)79-40(4)24(45)21(83-101(62,63)64)35(78-29(40)32(48)49)74-19-15(13-71-99(56,57)58)72-33(68-10)17(20(19)65-7)42-94-89-84-51/h14-30,33-37,42-43,45,50-55H,12-13H2,1-11H3,(H,46,47)(H,48,49)(H,56,57,58)(H,59,60,61)(H,62,63,64)/t14?,15-,16-,17?,18?,19+,20?,21?,22+,23?,24-,25?,26+,27+,28+,29?,30?,33-,34+,35+,36+,37-,38?,39?,40-,41+/m0/s1/i45D,50D/hD2. The van der Waals surface area contributed by atoms with Gasteiger partial charge in [0.2, 0.25) is 2.86 Å². The van der Waals surface area contributed by atoms with Crippen molar-refractivity contribution in [2.24, 2.45) is 0 Å². The third-order valence-corrected chi connectivity index (χ3v) is 19.3. The van der Waals surface area contributed by atoms with Gasteiger partial charge in [0.15, 0.2) is 74.4 Å². The van der Waals surface area contributed by atoms with E-state index in [0.717, 1.165) is 46.4 Å². The predicted octanol–water partition coefficient (Wildman–Crippen LogP) is -2.93. The summed E-state index contributed by atoms with van der Waals surface area (Å²) >= 11 is -0.601. The minimum atomic E-state index is -6.05. The fourth-order valence-corrected chi connectivity index (χ4v) is 14.8. The molecule has 0 saturated carbocycles. The highest BCUT2D eigenvalue weighted by Crippen LogP contribution is 2.49. The molecular formula is C41H73N3O49S8. The summed E-state index contributed by atoms with van der Waals surface area (Å²) in [4.78, 5) is 27.7. The van der Waals surface area contributed by atoms with E-state index in [2.05, 4.69) is 51.0 Å². The lowest BCUT2D eigenvalue weighted by Crippen LogP contribution is -2.77. The van der Waals surface area contributed by atoms with Gasteiger partial charge < -0.3 is 86.7 Å². The van der Waals surface area contributed by atoms with Crippen molar-refractivity contribution in [2.75, 3.05) is 55.8 Å². The highest BCUT2D eigenvalue weighted by Gasteiger charge is 2.69. The summed E-state index contributed by atoms with van der Waals surface area (Å²) in [6, 6.07) is -5.82. The lowest BCUT2D eigenvalue weighted by atomic mass is 9.80. The van der Waals surface area contributed by atoms with Gasteiger partial charge in [0.25, 0.3) is 0 Å². The van der Waals surface area contributed by atoms with E-state index in [1.54, 1.807) is 0 Å². The van der Waals surface area contributed by atoms with Gasteiger partial charge in [0, 0.05) is 42.6 Å². The van der Waals surface area contributed by atoms with Crippen LogP contribution in [0, 0.1) is 0 Å². The average Bonchev–Trinajstić information content (AvgIpc) is 0.728. The van der Waals surface area contributed by atoms with Gasteiger partial charge in [-0.05, 0) is 34.6 Å². The number of methoxy groups -OCH3 is 5. The van der Waals surface area contributed by atoms with Gasteiger partial charge in [-0.1, -0.05) is 25.2 Å². The molecule has 5 saturated heterocycles. The summed E-state index contributed by atoms with van der Waals surface area (Å²) in [7, 11) is -10.8. The van der Waals surface area contributed by atoms with Crippen LogP contribution in [0.4, 0.5) is 0 Å². The molecule has 0 bridgehead atoms. The molecule has 0 aromatic carbocycles. The SMILES string of the molecule is [2H]O[C@H]1C(OS(=O)(=O)O)[C@H](O[C@H]2C(OC)C(N([2H])SOOO)[C@@H](OC)O[C@H]2COS(=O)(=O)O)OC(C(=O)O)[C@@]1(C)O[C@H]1OC(C(C)OS(=O)(=O)O)[C@@](C)(O[C@@H]2O[C@@H](C(=O)O)[C@@H](O[C@H]3O[C@@H](COSOOO)[C@@H](OC)C(C)(OC)C3N(C)SOOO)C(C)(O[2H])C2OC)[C@H](OSOOO)C1N([2H])SOOO. The van der Waals surface area contributed by atoms with Crippen molar-refractivity contribution >= 4 is 104 Å². The highest BCUT2D eigenvalue weighted by atomic mass is 32.3. The molecule has 5 fully saturated rings. The van der Waals surface area contributed by atoms with Crippen LogP contribution >= 0.6 is 61.3 Å². The third kappa shape index (κ3) is 23.0. The number of carboxylic acids is 2.